The number of likely N-dealkylation sites (tertiary alicyclic amines) is 2. The minimum atomic E-state index is -1.39. The molecule has 2 aliphatic heterocycles. The largest absolute Gasteiger partial charge is 0.354 e. The monoisotopic (exact) mass is 1120 g/mol. The molecule has 81 heavy (non-hydrogen) atoms. The van der Waals surface area contributed by atoms with Crippen molar-refractivity contribution in [1.29, 1.82) is 0 Å². The van der Waals surface area contributed by atoms with Crippen molar-refractivity contribution < 1.29 is 42.1 Å². The van der Waals surface area contributed by atoms with Crippen LogP contribution < -0.4 is 26.8 Å². The van der Waals surface area contributed by atoms with E-state index in [1.807, 2.05) is 18.2 Å². The maximum Gasteiger partial charge on any atom is 0.270 e. The van der Waals surface area contributed by atoms with Crippen LogP contribution in [-0.4, -0.2) is 122 Å². The van der Waals surface area contributed by atoms with E-state index >= 15 is 0 Å². The summed E-state index contributed by atoms with van der Waals surface area (Å²) in [6, 6.07) is 23.5. The van der Waals surface area contributed by atoms with Gasteiger partial charge >= 0.3 is 0 Å². The average molecular weight is 1120 g/mol. The molecule has 0 unspecified atom stereocenters. The van der Waals surface area contributed by atoms with Gasteiger partial charge in [0.2, 0.25) is 29.2 Å². The number of benzene rings is 3. The van der Waals surface area contributed by atoms with Gasteiger partial charge < -0.3 is 44.4 Å². The van der Waals surface area contributed by atoms with Crippen molar-refractivity contribution in [2.45, 2.75) is 64.2 Å². The molecule has 0 spiro atoms. The lowest BCUT2D eigenvalue weighted by molar-refractivity contribution is -0.137. The molecule has 6 aromatic heterocycles. The van der Waals surface area contributed by atoms with Crippen LogP contribution in [0.5, 0.6) is 0 Å². The molecule has 22 nitrogen and oxygen atoms in total. The summed E-state index contributed by atoms with van der Waals surface area (Å²) < 4.78 is 37.4. The highest BCUT2D eigenvalue weighted by molar-refractivity contribution is 6.33. The first-order valence-corrected chi connectivity index (χ1v) is 25.7. The summed E-state index contributed by atoms with van der Waals surface area (Å²) in [6.07, 6.45) is 8.10. The Hall–Kier alpha value is -9.97. The molecule has 5 N–H and O–H groups in total. The molecule has 9 aromatic rings. The molecular weight excluding hydrogens is 1070 g/mol. The number of nitrogens with one attached hydrogen (secondary N) is 5. The van der Waals surface area contributed by atoms with Crippen LogP contribution in [0.1, 0.15) is 47.4 Å². The Morgan fingerprint density at radius 2 is 1.23 bits per heavy atom. The number of Topliss-reactive ketones (excluding diaryl/α,β-unsaturated/α-hetero) is 2. The molecule has 3 aromatic carbocycles. The Labute approximate surface area is 463 Å². The van der Waals surface area contributed by atoms with Crippen LogP contribution >= 0.6 is 11.6 Å². The molecule has 25 heteroatoms. The summed E-state index contributed by atoms with van der Waals surface area (Å²) in [5.41, 5.74) is 5.12. The number of ketones is 2. The quantitative estimate of drug-likeness (QED) is 0.0610. The average Bonchev–Trinajstić information content (AvgIpc) is 4.34. The van der Waals surface area contributed by atoms with Gasteiger partial charge in [-0.1, -0.05) is 29.8 Å². The number of carbonyl (C=O) groups is 6. The third-order valence-electron chi connectivity index (χ3n) is 13.5. The minimum Gasteiger partial charge on any atom is -0.354 e. The summed E-state index contributed by atoms with van der Waals surface area (Å²) in [5, 5.41) is 16.9. The van der Waals surface area contributed by atoms with Gasteiger partial charge in [-0.15, -0.1) is 0 Å². The standard InChI is InChI=1S/C29H24ClFN8O4.C27H25FN6O4/c1-16(40)22-13-38(24-7-6-18(9-21(22)24)34-19-10-32-15-33-11-19)14-26(41)39-12-17(31)8-25(39)27(42)35-29-36-28(43-37-29)20-4-2-3-5-23(20)30;1-16(35)21-14-33(22-8-7-18(11-20(21)22)30-19-4-3-9-29-12-19)15-26(37)34-13-17(28)10-23(34)27(38)32-24-5-2-6-25(36)31-24/h2-7,9-11,13,15,17,25,34H,8,12,14H2,1H3,(H,35,37,42);2-9,11-12,14,17,23,30H,10,13,15H2,1H3,(H2,31,32,36,38)/t17-,25+;17-,23+/m11/s1. The van der Waals surface area contributed by atoms with Gasteiger partial charge in [-0.25, -0.2) is 18.7 Å². The van der Waals surface area contributed by atoms with Crippen molar-refractivity contribution in [2.75, 3.05) is 34.4 Å². The van der Waals surface area contributed by atoms with Crippen molar-refractivity contribution in [2.24, 2.45) is 0 Å². The van der Waals surface area contributed by atoms with E-state index in [0.717, 1.165) is 11.4 Å². The minimum absolute atomic E-state index is 0.0971. The topological polar surface area (TPSA) is 277 Å². The molecule has 0 saturated carbocycles. The number of rotatable bonds is 15. The first kappa shape index (κ1) is 54.4. The summed E-state index contributed by atoms with van der Waals surface area (Å²) in [6.45, 7) is 2.02. The van der Waals surface area contributed by atoms with Gasteiger partial charge in [-0.3, -0.25) is 43.9 Å². The molecule has 412 valence electrons. The van der Waals surface area contributed by atoms with Gasteiger partial charge in [0.1, 0.15) is 49.7 Å². The third kappa shape index (κ3) is 12.3. The Bertz CT molecular complexity index is 3930. The number of carbonyl (C=O) groups excluding carboxylic acids is 6. The van der Waals surface area contributed by atoms with E-state index in [2.05, 4.69) is 51.3 Å². The van der Waals surface area contributed by atoms with Gasteiger partial charge in [0.05, 0.1) is 53.6 Å². The number of nitrogens with zero attached hydrogens (tertiary/aromatic N) is 9. The number of amides is 4. The van der Waals surface area contributed by atoms with Crippen LogP contribution in [0.3, 0.4) is 0 Å². The van der Waals surface area contributed by atoms with Crippen molar-refractivity contribution in [3.63, 3.8) is 0 Å². The number of hydrogen-bond acceptors (Lipinski definition) is 15. The fourth-order valence-corrected chi connectivity index (χ4v) is 9.96. The van der Waals surface area contributed by atoms with Crippen molar-refractivity contribution in [1.82, 2.24) is 49.0 Å². The van der Waals surface area contributed by atoms with Crippen LogP contribution in [0.15, 0.2) is 144 Å². The summed E-state index contributed by atoms with van der Waals surface area (Å²) >= 11 is 6.18. The van der Waals surface area contributed by atoms with Crippen LogP contribution in [0.4, 0.5) is 43.3 Å². The molecule has 0 radical (unpaired) electrons. The number of pyridine rings is 2. The predicted octanol–water partition coefficient (Wildman–Crippen LogP) is 7.91. The molecule has 2 saturated heterocycles. The van der Waals surface area contributed by atoms with Gasteiger partial charge in [0.25, 0.3) is 11.8 Å². The molecule has 4 atom stereocenters. The second kappa shape index (κ2) is 23.6. The Morgan fingerprint density at radius 1 is 0.667 bits per heavy atom. The number of anilines is 6. The second-order valence-electron chi connectivity index (χ2n) is 19.1. The van der Waals surface area contributed by atoms with Gasteiger partial charge in [-0.2, -0.15) is 4.98 Å². The molecule has 11 rings (SSSR count). The van der Waals surface area contributed by atoms with E-state index in [9.17, 15) is 42.3 Å². The molecule has 8 heterocycles. The van der Waals surface area contributed by atoms with Gasteiger partial charge in [-0.05, 0) is 85.7 Å². The van der Waals surface area contributed by atoms with E-state index in [0.29, 0.717) is 54.9 Å². The Morgan fingerprint density at radius 3 is 1.79 bits per heavy atom. The molecular formula is C56H49ClF2N14O8. The van der Waals surface area contributed by atoms with Gasteiger partial charge in [0.15, 0.2) is 11.6 Å². The van der Waals surface area contributed by atoms with E-state index < -0.39 is 53.6 Å². The van der Waals surface area contributed by atoms with E-state index in [-0.39, 0.29) is 68.2 Å². The maximum absolute atomic E-state index is 14.6. The van der Waals surface area contributed by atoms with E-state index in [1.54, 1.807) is 101 Å². The summed E-state index contributed by atoms with van der Waals surface area (Å²) in [4.78, 5) is 110. The molecule has 0 bridgehead atoms. The number of hydrogen-bond donors (Lipinski definition) is 5. The zero-order valence-electron chi connectivity index (χ0n) is 43.2. The second-order valence-corrected chi connectivity index (χ2v) is 19.5. The Balaban J connectivity index is 0.000000183. The fourth-order valence-electron chi connectivity index (χ4n) is 9.75. The number of H-pyrrole nitrogens is 1. The lowest BCUT2D eigenvalue weighted by Crippen LogP contribution is -2.44. The molecule has 4 amide bonds. The molecule has 2 fully saturated rings. The van der Waals surface area contributed by atoms with Gasteiger partial charge in [0, 0.05) is 81.8 Å². The van der Waals surface area contributed by atoms with Crippen molar-refractivity contribution in [3.8, 4) is 11.5 Å². The first-order chi connectivity index (χ1) is 39.0. The number of aromatic amines is 1. The van der Waals surface area contributed by atoms with E-state index in [4.69, 9.17) is 16.1 Å². The lowest BCUT2D eigenvalue weighted by Gasteiger charge is -2.24. The highest BCUT2D eigenvalue weighted by Crippen LogP contribution is 2.32. The zero-order chi connectivity index (χ0) is 56.9. The van der Waals surface area contributed by atoms with Crippen LogP contribution in [-0.2, 0) is 32.3 Å². The highest BCUT2D eigenvalue weighted by Gasteiger charge is 2.41. The van der Waals surface area contributed by atoms with Crippen molar-refractivity contribution >= 4 is 103 Å². The maximum atomic E-state index is 14.6. The highest BCUT2D eigenvalue weighted by atomic mass is 35.5. The first-order valence-electron chi connectivity index (χ1n) is 25.3. The lowest BCUT2D eigenvalue weighted by atomic mass is 10.1. The molecule has 2 aliphatic rings. The Kier molecular flexibility index (Phi) is 15.8. The zero-order valence-corrected chi connectivity index (χ0v) is 43.9. The van der Waals surface area contributed by atoms with E-state index in [1.165, 1.54) is 48.2 Å². The number of fused-ring (bicyclic) bond motifs is 2. The smallest absolute Gasteiger partial charge is 0.270 e. The summed E-state index contributed by atoms with van der Waals surface area (Å²) in [7, 11) is 0. The SMILES string of the molecule is CC(=O)c1cn(CC(=O)N2C[C@H](F)C[C@H]2C(=O)Nc2cccc(=O)[nH]2)c2ccc(Nc3cccnc3)cc12.CC(=O)c1cn(CC(=O)N2C[C@H](F)C[C@H]2C(=O)Nc2noc(-c3ccccc3Cl)n2)c2ccc(Nc3cncnc3)cc12. The van der Waals surface area contributed by atoms with Crippen LogP contribution in [0.2, 0.25) is 5.02 Å². The van der Waals surface area contributed by atoms with Crippen LogP contribution in [0.25, 0.3) is 33.3 Å². The fraction of sp³-hybridized carbons (Fsp3) is 0.214. The van der Waals surface area contributed by atoms with Crippen molar-refractivity contribution in [3.05, 3.63) is 161 Å². The molecule has 0 aliphatic carbocycles. The number of aromatic nitrogens is 8. The predicted molar refractivity (Wildman–Crippen MR) is 296 cm³/mol. The number of alkyl halides is 2. The summed E-state index contributed by atoms with van der Waals surface area (Å²) in [5.74, 6) is -2.42. The number of halogens is 3. The third-order valence-corrected chi connectivity index (χ3v) is 13.8. The van der Waals surface area contributed by atoms with Crippen LogP contribution in [0, 0.1) is 0 Å². The normalized spacial score (nSPS) is 16.7.